The first-order valence-electron chi connectivity index (χ1n) is 21.0. The smallest absolute Gasteiger partial charge is 0.234 e. The molecule has 1 atom stereocenters. The highest BCUT2D eigenvalue weighted by Gasteiger charge is 2.36. The number of hydrogen-bond donors (Lipinski definition) is 3. The molecule has 0 aliphatic carbocycles. The summed E-state index contributed by atoms with van der Waals surface area (Å²) in [5.41, 5.74) is 1.23. The van der Waals surface area contributed by atoms with Crippen molar-refractivity contribution in [3.8, 4) is 11.3 Å². The van der Waals surface area contributed by atoms with Crippen LogP contribution in [0.2, 0.25) is 0 Å². The standard InChI is InChI=1S/C43H53FN8O6S2/c1-3-6-33(45)39-38(32-7-5-8-34(37(32)44)49-60(57,58)25-4-2)48-41(59-39)27-13-21-51(22-14-27)43(56)29-17-23-52(24-18-29)42(55)28-15-19-50(20-16-28)35-11-9-30(26-46-35)31-10-12-36(53)47-40(31)54/h3,5-9,11,26-29,31,45,49H,4,10,12-25H2,1-2H3,(H,47,53,54)/b6-3-,45-33?/t31-/m1/s1. The third-order valence-corrected chi connectivity index (χ3v) is 14.8. The van der Waals surface area contributed by atoms with Gasteiger partial charge in [-0.2, -0.15) is 0 Å². The molecular formula is C43H53FN8O6S2. The number of nitrogens with one attached hydrogen (secondary N) is 3. The molecule has 3 aromatic rings. The summed E-state index contributed by atoms with van der Waals surface area (Å²) in [7, 11) is -3.73. The van der Waals surface area contributed by atoms with Crippen molar-refractivity contribution in [3.63, 3.8) is 0 Å². The summed E-state index contributed by atoms with van der Waals surface area (Å²) in [5.74, 6) is -0.926. The maximum atomic E-state index is 15.9. The third-order valence-electron chi connectivity index (χ3n) is 12.1. The first kappa shape index (κ1) is 43.1. The van der Waals surface area contributed by atoms with Crippen molar-refractivity contribution in [1.29, 1.82) is 5.41 Å². The number of likely N-dealkylation sites (tertiary alicyclic amines) is 2. The number of anilines is 2. The summed E-state index contributed by atoms with van der Waals surface area (Å²) < 4.78 is 43.2. The number of hydrogen-bond acceptors (Lipinski definition) is 11. The molecule has 0 saturated carbocycles. The summed E-state index contributed by atoms with van der Waals surface area (Å²) in [5, 5.41) is 11.9. The number of allylic oxidation sites excluding steroid dienone is 2. The quantitative estimate of drug-likeness (QED) is 0.149. The van der Waals surface area contributed by atoms with E-state index in [9.17, 15) is 27.6 Å². The van der Waals surface area contributed by atoms with Crippen LogP contribution < -0.4 is 14.9 Å². The van der Waals surface area contributed by atoms with Gasteiger partial charge in [0.2, 0.25) is 33.7 Å². The molecule has 0 bridgehead atoms. The summed E-state index contributed by atoms with van der Waals surface area (Å²) in [6.45, 7) is 7.13. The number of amides is 4. The molecule has 0 radical (unpaired) electrons. The summed E-state index contributed by atoms with van der Waals surface area (Å²) in [6, 6.07) is 8.31. The lowest BCUT2D eigenvalue weighted by molar-refractivity contribution is -0.143. The number of carbonyl (C=O) groups is 4. The number of nitrogens with zero attached hydrogens (tertiary/aromatic N) is 5. The highest BCUT2D eigenvalue weighted by atomic mass is 32.2. The van der Waals surface area contributed by atoms with Crippen LogP contribution in [0.3, 0.4) is 0 Å². The van der Waals surface area contributed by atoms with Crippen LogP contribution in [-0.4, -0.2) is 103 Å². The van der Waals surface area contributed by atoms with Gasteiger partial charge in [0.25, 0.3) is 0 Å². The van der Waals surface area contributed by atoms with Gasteiger partial charge in [0.05, 0.1) is 38.6 Å². The zero-order valence-electron chi connectivity index (χ0n) is 34.1. The van der Waals surface area contributed by atoms with Crippen LogP contribution in [0.5, 0.6) is 0 Å². The van der Waals surface area contributed by atoms with Gasteiger partial charge in [0.1, 0.15) is 5.82 Å². The largest absolute Gasteiger partial charge is 0.357 e. The maximum Gasteiger partial charge on any atom is 0.234 e. The van der Waals surface area contributed by atoms with Crippen molar-refractivity contribution in [1.82, 2.24) is 25.1 Å². The Morgan fingerprint density at radius 1 is 0.950 bits per heavy atom. The molecule has 4 saturated heterocycles. The number of halogens is 1. The molecule has 6 heterocycles. The average molecular weight is 861 g/mol. The van der Waals surface area contributed by atoms with E-state index in [2.05, 4.69) is 19.9 Å². The zero-order valence-corrected chi connectivity index (χ0v) is 35.8. The first-order chi connectivity index (χ1) is 28.8. The Morgan fingerprint density at radius 2 is 1.60 bits per heavy atom. The van der Waals surface area contributed by atoms with Crippen LogP contribution in [-0.2, 0) is 29.2 Å². The number of rotatable bonds is 12. The first-order valence-corrected chi connectivity index (χ1v) is 23.5. The fourth-order valence-electron chi connectivity index (χ4n) is 8.77. The minimum Gasteiger partial charge on any atom is -0.357 e. The zero-order chi connectivity index (χ0) is 42.6. The molecule has 14 nitrogen and oxygen atoms in total. The van der Waals surface area contributed by atoms with Gasteiger partial charge < -0.3 is 14.7 Å². The van der Waals surface area contributed by atoms with Gasteiger partial charge in [-0.15, -0.1) is 11.3 Å². The predicted molar refractivity (Wildman–Crippen MR) is 229 cm³/mol. The number of benzene rings is 1. The Balaban J connectivity index is 0.900. The van der Waals surface area contributed by atoms with E-state index >= 15 is 4.39 Å². The Kier molecular flexibility index (Phi) is 13.4. The second-order valence-corrected chi connectivity index (χ2v) is 19.0. The molecule has 320 valence electrons. The SMILES string of the molecule is C/C=C\C(=N)c1sc(C2CCN(C(=O)C3CCN(C(=O)C4CCN(c5ccc([C@H]6CCC(=O)NC6=O)cn5)CC4)CC3)CC2)nc1-c1cccc(NS(=O)(=O)CCC)c1F. The maximum absolute atomic E-state index is 15.9. The van der Waals surface area contributed by atoms with Gasteiger partial charge in [0.15, 0.2) is 5.82 Å². The Hall–Kier alpha value is -5.03. The molecule has 3 N–H and O–H groups in total. The number of pyridine rings is 1. The number of thiazole rings is 1. The number of sulfonamides is 1. The summed E-state index contributed by atoms with van der Waals surface area (Å²) in [6.07, 6.45) is 10.3. The van der Waals surface area contributed by atoms with E-state index in [1.165, 1.54) is 17.4 Å². The molecule has 7 rings (SSSR count). The molecule has 17 heteroatoms. The lowest BCUT2D eigenvalue weighted by Gasteiger charge is -2.39. The van der Waals surface area contributed by atoms with E-state index in [0.717, 1.165) is 16.4 Å². The molecule has 4 aliphatic heterocycles. The highest BCUT2D eigenvalue weighted by Crippen LogP contribution is 2.39. The Labute approximate surface area is 354 Å². The monoisotopic (exact) mass is 860 g/mol. The highest BCUT2D eigenvalue weighted by molar-refractivity contribution is 7.92. The van der Waals surface area contributed by atoms with E-state index in [1.807, 2.05) is 21.9 Å². The topological polar surface area (TPSA) is 186 Å². The van der Waals surface area contributed by atoms with Gasteiger partial charge in [-0.3, -0.25) is 34.6 Å². The van der Waals surface area contributed by atoms with Crippen molar-refractivity contribution in [2.45, 2.75) is 83.5 Å². The minimum absolute atomic E-state index is 0.0121. The summed E-state index contributed by atoms with van der Waals surface area (Å²) in [4.78, 5) is 67.1. The normalized spacial score (nSPS) is 20.1. The average Bonchev–Trinajstić information content (AvgIpc) is 3.70. The molecule has 2 aromatic heterocycles. The molecule has 0 unspecified atom stereocenters. The number of piperidine rings is 4. The lowest BCUT2D eigenvalue weighted by atomic mass is 9.90. The van der Waals surface area contributed by atoms with Gasteiger partial charge in [-0.1, -0.05) is 25.1 Å². The van der Waals surface area contributed by atoms with E-state index in [4.69, 9.17) is 10.4 Å². The second kappa shape index (κ2) is 18.7. The number of carbonyl (C=O) groups excluding carboxylic acids is 4. The van der Waals surface area contributed by atoms with Crippen molar-refractivity contribution in [2.24, 2.45) is 11.8 Å². The van der Waals surface area contributed by atoms with Crippen LogP contribution in [0.1, 0.15) is 98.9 Å². The van der Waals surface area contributed by atoms with Crippen molar-refractivity contribution < 1.29 is 32.0 Å². The Morgan fingerprint density at radius 3 is 2.20 bits per heavy atom. The third kappa shape index (κ3) is 9.62. The van der Waals surface area contributed by atoms with Crippen LogP contribution in [0.15, 0.2) is 48.7 Å². The van der Waals surface area contributed by atoms with E-state index in [1.54, 1.807) is 44.3 Å². The fraction of sp³-hybridized carbons (Fsp3) is 0.512. The van der Waals surface area contributed by atoms with Gasteiger partial charge in [0, 0.05) is 75.2 Å². The fourth-order valence-corrected chi connectivity index (χ4v) is 11.1. The molecule has 4 fully saturated rings. The second-order valence-electron chi connectivity index (χ2n) is 16.1. The predicted octanol–water partition coefficient (Wildman–Crippen LogP) is 5.82. The van der Waals surface area contributed by atoms with Crippen LogP contribution in [0.25, 0.3) is 11.3 Å². The molecular weight excluding hydrogens is 808 g/mol. The summed E-state index contributed by atoms with van der Waals surface area (Å²) >= 11 is 1.34. The van der Waals surface area contributed by atoms with Gasteiger partial charge in [-0.25, -0.2) is 22.8 Å². The van der Waals surface area contributed by atoms with E-state index in [-0.39, 0.29) is 70.0 Å². The molecule has 4 aliphatic rings. The van der Waals surface area contributed by atoms with Crippen LogP contribution in [0, 0.1) is 23.1 Å². The minimum atomic E-state index is -3.73. The van der Waals surface area contributed by atoms with Gasteiger partial charge in [-0.05, 0) is 88.1 Å². The van der Waals surface area contributed by atoms with Crippen LogP contribution >= 0.6 is 11.3 Å². The molecule has 60 heavy (non-hydrogen) atoms. The lowest BCUT2D eigenvalue weighted by Crippen LogP contribution is -2.48. The van der Waals surface area contributed by atoms with E-state index in [0.29, 0.717) is 108 Å². The number of imide groups is 1. The molecule has 0 spiro atoms. The molecule has 4 amide bonds. The number of aromatic nitrogens is 2. The van der Waals surface area contributed by atoms with Gasteiger partial charge >= 0.3 is 0 Å². The van der Waals surface area contributed by atoms with Crippen LogP contribution in [0.4, 0.5) is 15.9 Å². The van der Waals surface area contributed by atoms with Crippen molar-refractivity contribution in [2.75, 3.05) is 54.6 Å². The Bertz CT molecular complexity index is 2240. The van der Waals surface area contributed by atoms with Crippen molar-refractivity contribution in [3.05, 3.63) is 69.9 Å². The van der Waals surface area contributed by atoms with E-state index < -0.39 is 15.8 Å². The molecule has 1 aromatic carbocycles. The van der Waals surface area contributed by atoms with Crippen molar-refractivity contribution >= 4 is 62.2 Å².